The van der Waals surface area contributed by atoms with Crippen LogP contribution in [0.2, 0.25) is 0 Å². The SMILES string of the molecule is CN1C[C@H](OCc2ccccc2)C[C@H]1C(=O)NCCCCCN. The number of nitrogens with one attached hydrogen (secondary N) is 1. The van der Waals surface area contributed by atoms with E-state index in [1.165, 1.54) is 5.56 Å². The zero-order valence-corrected chi connectivity index (χ0v) is 14.0. The number of unbranched alkanes of at least 4 members (excludes halogenated alkanes) is 2. The summed E-state index contributed by atoms with van der Waals surface area (Å²) in [6, 6.07) is 10.1. The van der Waals surface area contributed by atoms with Crippen LogP contribution in [0.4, 0.5) is 0 Å². The van der Waals surface area contributed by atoms with E-state index in [2.05, 4.69) is 22.3 Å². The Kier molecular flexibility index (Phi) is 7.52. The van der Waals surface area contributed by atoms with Crippen LogP contribution in [-0.4, -0.2) is 49.6 Å². The lowest BCUT2D eigenvalue weighted by Gasteiger charge is -2.18. The molecule has 0 aliphatic carbocycles. The van der Waals surface area contributed by atoms with Crippen molar-refractivity contribution < 1.29 is 9.53 Å². The van der Waals surface area contributed by atoms with Gasteiger partial charge < -0.3 is 15.8 Å². The molecule has 2 atom stereocenters. The summed E-state index contributed by atoms with van der Waals surface area (Å²) in [6.45, 7) is 2.86. The monoisotopic (exact) mass is 319 g/mol. The van der Waals surface area contributed by atoms with Gasteiger partial charge in [0.15, 0.2) is 0 Å². The van der Waals surface area contributed by atoms with Gasteiger partial charge in [0.05, 0.1) is 18.8 Å². The van der Waals surface area contributed by atoms with Gasteiger partial charge in [-0.2, -0.15) is 0 Å². The van der Waals surface area contributed by atoms with Crippen molar-refractivity contribution >= 4 is 5.91 Å². The maximum atomic E-state index is 12.3. The smallest absolute Gasteiger partial charge is 0.237 e. The molecule has 5 nitrogen and oxygen atoms in total. The molecule has 1 aromatic rings. The third-order valence-corrected chi connectivity index (χ3v) is 4.32. The number of nitrogens with zero attached hydrogens (tertiary/aromatic N) is 1. The zero-order valence-electron chi connectivity index (χ0n) is 14.0. The number of benzene rings is 1. The molecule has 1 heterocycles. The molecule has 23 heavy (non-hydrogen) atoms. The number of ether oxygens (including phenoxy) is 1. The fraction of sp³-hybridized carbons (Fsp3) is 0.611. The summed E-state index contributed by atoms with van der Waals surface area (Å²) in [4.78, 5) is 14.4. The van der Waals surface area contributed by atoms with Gasteiger partial charge >= 0.3 is 0 Å². The van der Waals surface area contributed by atoms with E-state index in [4.69, 9.17) is 10.5 Å². The Morgan fingerprint density at radius 3 is 2.83 bits per heavy atom. The van der Waals surface area contributed by atoms with Crippen LogP contribution in [0.15, 0.2) is 30.3 Å². The number of hydrogen-bond donors (Lipinski definition) is 2. The van der Waals surface area contributed by atoms with Crippen molar-refractivity contribution in [2.24, 2.45) is 5.73 Å². The summed E-state index contributed by atoms with van der Waals surface area (Å²) >= 11 is 0. The molecule has 1 aliphatic rings. The van der Waals surface area contributed by atoms with Crippen molar-refractivity contribution in [3.05, 3.63) is 35.9 Å². The Labute approximate surface area is 139 Å². The molecule has 0 unspecified atom stereocenters. The molecule has 0 radical (unpaired) electrons. The second kappa shape index (κ2) is 9.65. The molecule has 1 aromatic carbocycles. The molecule has 1 amide bonds. The van der Waals surface area contributed by atoms with Crippen LogP contribution >= 0.6 is 0 Å². The van der Waals surface area contributed by atoms with Crippen LogP contribution in [0.5, 0.6) is 0 Å². The van der Waals surface area contributed by atoms with Crippen molar-refractivity contribution in [2.75, 3.05) is 26.7 Å². The lowest BCUT2D eigenvalue weighted by molar-refractivity contribution is -0.125. The molecule has 0 spiro atoms. The molecular weight excluding hydrogens is 290 g/mol. The summed E-state index contributed by atoms with van der Waals surface area (Å²) < 4.78 is 5.96. The first kappa shape index (κ1) is 17.9. The van der Waals surface area contributed by atoms with Gasteiger partial charge in [-0.1, -0.05) is 36.8 Å². The van der Waals surface area contributed by atoms with E-state index >= 15 is 0 Å². The van der Waals surface area contributed by atoms with Crippen molar-refractivity contribution in [3.8, 4) is 0 Å². The van der Waals surface area contributed by atoms with Gasteiger partial charge in [0.2, 0.25) is 5.91 Å². The van der Waals surface area contributed by atoms with E-state index in [9.17, 15) is 4.79 Å². The van der Waals surface area contributed by atoms with Gasteiger partial charge in [0.25, 0.3) is 0 Å². The van der Waals surface area contributed by atoms with Crippen LogP contribution in [0.25, 0.3) is 0 Å². The average molecular weight is 319 g/mol. The van der Waals surface area contributed by atoms with E-state index in [-0.39, 0.29) is 18.1 Å². The molecular formula is C18H29N3O2. The van der Waals surface area contributed by atoms with Gasteiger partial charge in [-0.15, -0.1) is 0 Å². The number of likely N-dealkylation sites (tertiary alicyclic amines) is 1. The van der Waals surface area contributed by atoms with Crippen LogP contribution in [0.1, 0.15) is 31.2 Å². The number of likely N-dealkylation sites (N-methyl/N-ethyl adjacent to an activating group) is 1. The molecule has 3 N–H and O–H groups in total. The summed E-state index contributed by atoms with van der Waals surface area (Å²) in [5, 5.41) is 3.03. The van der Waals surface area contributed by atoms with Crippen molar-refractivity contribution in [1.29, 1.82) is 0 Å². The molecule has 1 aliphatic heterocycles. The second-order valence-electron chi connectivity index (χ2n) is 6.25. The minimum Gasteiger partial charge on any atom is -0.372 e. The summed E-state index contributed by atoms with van der Waals surface area (Å²) in [5.74, 6) is 0.117. The number of nitrogens with two attached hydrogens (primary N) is 1. The van der Waals surface area contributed by atoms with Crippen molar-refractivity contribution in [2.45, 2.75) is 44.4 Å². The van der Waals surface area contributed by atoms with Crippen LogP contribution in [0.3, 0.4) is 0 Å². The summed E-state index contributed by atoms with van der Waals surface area (Å²) in [7, 11) is 1.99. The summed E-state index contributed by atoms with van der Waals surface area (Å²) in [6.07, 6.45) is 3.97. The van der Waals surface area contributed by atoms with Gasteiger partial charge in [0.1, 0.15) is 0 Å². The Hall–Kier alpha value is -1.43. The predicted octanol–water partition coefficient (Wildman–Crippen LogP) is 1.52. The Morgan fingerprint density at radius 2 is 2.09 bits per heavy atom. The maximum absolute atomic E-state index is 12.3. The third kappa shape index (κ3) is 5.94. The van der Waals surface area contributed by atoms with E-state index in [1.54, 1.807) is 0 Å². The zero-order chi connectivity index (χ0) is 16.5. The highest BCUT2D eigenvalue weighted by molar-refractivity contribution is 5.82. The largest absolute Gasteiger partial charge is 0.372 e. The minimum atomic E-state index is -0.0784. The molecule has 128 valence electrons. The van der Waals surface area contributed by atoms with Gasteiger partial charge in [-0.05, 0) is 38.4 Å². The van der Waals surface area contributed by atoms with Crippen LogP contribution in [-0.2, 0) is 16.1 Å². The lowest BCUT2D eigenvalue weighted by atomic mass is 10.1. The lowest BCUT2D eigenvalue weighted by Crippen LogP contribution is -2.41. The van der Waals surface area contributed by atoms with E-state index < -0.39 is 0 Å². The number of carbonyl (C=O) groups is 1. The Morgan fingerprint density at radius 1 is 1.30 bits per heavy atom. The summed E-state index contributed by atoms with van der Waals surface area (Å²) in [5.41, 5.74) is 6.64. The molecule has 0 saturated carbocycles. The highest BCUT2D eigenvalue weighted by Gasteiger charge is 2.34. The quantitative estimate of drug-likeness (QED) is 0.677. The normalized spacial score (nSPS) is 21.5. The molecule has 0 bridgehead atoms. The fourth-order valence-electron chi connectivity index (χ4n) is 2.94. The van der Waals surface area contributed by atoms with Crippen LogP contribution in [0, 0.1) is 0 Å². The number of carbonyl (C=O) groups excluding carboxylic acids is 1. The van der Waals surface area contributed by atoms with Gasteiger partial charge in [-0.3, -0.25) is 9.69 Å². The highest BCUT2D eigenvalue weighted by Crippen LogP contribution is 2.20. The van der Waals surface area contributed by atoms with E-state index in [1.807, 2.05) is 25.2 Å². The first-order chi connectivity index (χ1) is 11.2. The molecule has 5 heteroatoms. The van der Waals surface area contributed by atoms with Gasteiger partial charge in [-0.25, -0.2) is 0 Å². The van der Waals surface area contributed by atoms with Crippen LogP contribution < -0.4 is 11.1 Å². The minimum absolute atomic E-state index is 0.0784. The third-order valence-electron chi connectivity index (χ3n) is 4.32. The highest BCUT2D eigenvalue weighted by atomic mass is 16.5. The number of rotatable bonds is 9. The van der Waals surface area contributed by atoms with Crippen molar-refractivity contribution in [3.63, 3.8) is 0 Å². The van der Waals surface area contributed by atoms with Gasteiger partial charge in [0, 0.05) is 13.1 Å². The second-order valence-corrected chi connectivity index (χ2v) is 6.25. The Bertz CT molecular complexity index is 467. The molecule has 1 fully saturated rings. The topological polar surface area (TPSA) is 67.6 Å². The first-order valence-electron chi connectivity index (χ1n) is 8.54. The average Bonchev–Trinajstić information content (AvgIpc) is 2.94. The molecule has 0 aromatic heterocycles. The predicted molar refractivity (Wildman–Crippen MR) is 92.0 cm³/mol. The fourth-order valence-corrected chi connectivity index (χ4v) is 2.94. The van der Waals surface area contributed by atoms with E-state index in [0.29, 0.717) is 6.61 Å². The standard InChI is InChI=1S/C18H29N3O2/c1-21-13-16(23-14-15-8-4-2-5-9-15)12-17(21)18(22)20-11-7-3-6-10-19/h2,4-5,8-9,16-17H,3,6-7,10-14,19H2,1H3,(H,20,22)/t16-,17+/m1/s1. The van der Waals surface area contributed by atoms with E-state index in [0.717, 1.165) is 45.3 Å². The number of amides is 1. The molecule has 2 rings (SSSR count). The number of hydrogen-bond acceptors (Lipinski definition) is 4. The first-order valence-corrected chi connectivity index (χ1v) is 8.54. The molecule has 1 saturated heterocycles. The van der Waals surface area contributed by atoms with Crippen molar-refractivity contribution in [1.82, 2.24) is 10.2 Å². The Balaban J connectivity index is 1.69. The maximum Gasteiger partial charge on any atom is 0.237 e.